The van der Waals surface area contributed by atoms with Crippen LogP contribution in [0.4, 0.5) is 5.69 Å². The number of anilines is 1. The summed E-state index contributed by atoms with van der Waals surface area (Å²) in [6, 6.07) is 14.0. The van der Waals surface area contributed by atoms with Gasteiger partial charge in [0.05, 0.1) is 6.26 Å². The summed E-state index contributed by atoms with van der Waals surface area (Å²) in [4.78, 5) is 25.3. The Hall–Kier alpha value is -2.91. The molecule has 8 nitrogen and oxygen atoms in total. The summed E-state index contributed by atoms with van der Waals surface area (Å²) in [5.74, 6) is 0.136. The van der Waals surface area contributed by atoms with Gasteiger partial charge in [-0.25, -0.2) is 12.7 Å². The van der Waals surface area contributed by atoms with Crippen LogP contribution in [0.15, 0.2) is 48.5 Å². The van der Waals surface area contributed by atoms with Crippen LogP contribution >= 0.6 is 0 Å². The normalized spacial score (nSPS) is 21.1. The van der Waals surface area contributed by atoms with Crippen molar-refractivity contribution in [1.29, 1.82) is 0 Å². The molecule has 2 N–H and O–H groups in total. The van der Waals surface area contributed by atoms with Gasteiger partial charge in [0.2, 0.25) is 10.0 Å². The largest absolute Gasteiger partial charge is 0.480 e. The molecule has 2 aromatic carbocycles. The van der Waals surface area contributed by atoms with Gasteiger partial charge in [0.15, 0.2) is 6.10 Å². The minimum Gasteiger partial charge on any atom is -0.480 e. The number of fused-ring (bicyclic) bond motifs is 1. The number of benzene rings is 2. The molecule has 2 amide bonds. The molecule has 0 spiro atoms. The van der Waals surface area contributed by atoms with Crippen molar-refractivity contribution in [2.75, 3.05) is 24.7 Å². The number of hydrogen-bond acceptors (Lipinski definition) is 5. The third kappa shape index (κ3) is 5.05. The van der Waals surface area contributed by atoms with Crippen molar-refractivity contribution in [3.05, 3.63) is 59.7 Å². The summed E-state index contributed by atoms with van der Waals surface area (Å²) in [6.07, 6.45) is 2.47. The van der Waals surface area contributed by atoms with E-state index < -0.39 is 16.1 Å². The van der Waals surface area contributed by atoms with Crippen LogP contribution in [0, 0.1) is 0 Å². The molecule has 0 aromatic heterocycles. The zero-order valence-corrected chi connectivity index (χ0v) is 18.0. The van der Waals surface area contributed by atoms with Crippen LogP contribution < -0.4 is 15.4 Å². The smallest absolute Gasteiger partial charge is 0.265 e. The van der Waals surface area contributed by atoms with Gasteiger partial charge in [-0.1, -0.05) is 24.3 Å². The van der Waals surface area contributed by atoms with Crippen LogP contribution in [0.5, 0.6) is 5.75 Å². The summed E-state index contributed by atoms with van der Waals surface area (Å²) in [5.41, 5.74) is 1.88. The van der Waals surface area contributed by atoms with Gasteiger partial charge in [-0.05, 0) is 42.7 Å². The quantitative estimate of drug-likeness (QED) is 0.733. The maximum atomic E-state index is 12.7. The van der Waals surface area contributed by atoms with Gasteiger partial charge in [0.1, 0.15) is 5.75 Å². The minimum absolute atomic E-state index is 0.250. The Morgan fingerprint density at radius 2 is 1.94 bits per heavy atom. The van der Waals surface area contributed by atoms with Crippen LogP contribution in [0.2, 0.25) is 0 Å². The molecule has 31 heavy (non-hydrogen) atoms. The molecule has 2 aliphatic rings. The number of hydrogen-bond donors (Lipinski definition) is 2. The molecule has 0 aliphatic carbocycles. The molecular formula is C22H25N3O5S. The Labute approximate surface area is 181 Å². The van der Waals surface area contributed by atoms with E-state index in [4.69, 9.17) is 4.74 Å². The topological polar surface area (TPSA) is 105 Å². The standard InChI is InChI=1S/C22H25N3O5S/c1-31(28,29)25-11-5-9-18(14-25)24-21(26)16-7-4-8-17(12-16)23-22(27)20-13-15-6-2-3-10-19(15)30-20/h2-4,6-8,10,12,18,20H,5,9,11,13-14H2,1H3,(H,23,27)(H,24,26). The van der Waals surface area contributed by atoms with Crippen molar-refractivity contribution in [3.63, 3.8) is 0 Å². The van der Waals surface area contributed by atoms with Crippen LogP contribution in [-0.2, 0) is 21.2 Å². The summed E-state index contributed by atoms with van der Waals surface area (Å²) < 4.78 is 30.7. The molecule has 0 radical (unpaired) electrons. The highest BCUT2D eigenvalue weighted by atomic mass is 32.2. The number of nitrogens with one attached hydrogen (secondary N) is 2. The highest BCUT2D eigenvalue weighted by Crippen LogP contribution is 2.28. The highest BCUT2D eigenvalue weighted by Gasteiger charge is 2.29. The summed E-state index contributed by atoms with van der Waals surface area (Å²) >= 11 is 0. The number of para-hydroxylation sites is 1. The predicted octanol–water partition coefficient (Wildman–Crippen LogP) is 1.78. The van der Waals surface area contributed by atoms with Crippen LogP contribution in [0.25, 0.3) is 0 Å². The molecule has 4 rings (SSSR count). The number of rotatable bonds is 5. The molecule has 2 aromatic rings. The van der Waals surface area contributed by atoms with Gasteiger partial charge in [0, 0.05) is 36.8 Å². The Balaban J connectivity index is 1.37. The van der Waals surface area contributed by atoms with Gasteiger partial charge in [0.25, 0.3) is 11.8 Å². The molecular weight excluding hydrogens is 418 g/mol. The molecule has 2 atom stereocenters. The Morgan fingerprint density at radius 1 is 1.13 bits per heavy atom. The van der Waals surface area contributed by atoms with E-state index >= 15 is 0 Å². The van der Waals surface area contributed by atoms with Crippen molar-refractivity contribution in [1.82, 2.24) is 9.62 Å². The minimum atomic E-state index is -3.28. The average molecular weight is 444 g/mol. The summed E-state index contributed by atoms with van der Waals surface area (Å²) in [5, 5.41) is 5.72. The first-order valence-electron chi connectivity index (χ1n) is 10.2. The summed E-state index contributed by atoms with van der Waals surface area (Å²) in [6.45, 7) is 0.737. The molecule has 9 heteroatoms. The second-order valence-electron chi connectivity index (χ2n) is 7.92. The number of sulfonamides is 1. The number of piperidine rings is 1. The first-order valence-corrected chi connectivity index (χ1v) is 12.1. The van der Waals surface area contributed by atoms with E-state index in [-0.39, 0.29) is 24.4 Å². The number of carbonyl (C=O) groups is 2. The lowest BCUT2D eigenvalue weighted by Gasteiger charge is -2.31. The lowest BCUT2D eigenvalue weighted by molar-refractivity contribution is -0.122. The fourth-order valence-electron chi connectivity index (χ4n) is 3.92. The van der Waals surface area contributed by atoms with E-state index in [1.54, 1.807) is 24.3 Å². The van der Waals surface area contributed by atoms with Crippen LogP contribution in [0.3, 0.4) is 0 Å². The van der Waals surface area contributed by atoms with Gasteiger partial charge in [-0.2, -0.15) is 0 Å². The fourth-order valence-corrected chi connectivity index (χ4v) is 4.83. The first-order chi connectivity index (χ1) is 14.8. The average Bonchev–Trinajstić information content (AvgIpc) is 3.18. The number of amides is 2. The van der Waals surface area contributed by atoms with Gasteiger partial charge >= 0.3 is 0 Å². The van der Waals surface area contributed by atoms with E-state index in [0.29, 0.717) is 42.8 Å². The van der Waals surface area contributed by atoms with E-state index in [1.165, 1.54) is 10.6 Å². The van der Waals surface area contributed by atoms with Crippen LogP contribution in [-0.4, -0.2) is 56.0 Å². The van der Waals surface area contributed by atoms with Gasteiger partial charge < -0.3 is 15.4 Å². The second-order valence-corrected chi connectivity index (χ2v) is 9.90. The molecule has 1 fully saturated rings. The fraction of sp³-hybridized carbons (Fsp3) is 0.364. The highest BCUT2D eigenvalue weighted by molar-refractivity contribution is 7.88. The van der Waals surface area contributed by atoms with Crippen molar-refractivity contribution < 1.29 is 22.7 Å². The monoisotopic (exact) mass is 443 g/mol. The Morgan fingerprint density at radius 3 is 2.71 bits per heavy atom. The zero-order chi connectivity index (χ0) is 22.0. The van der Waals surface area contributed by atoms with Crippen molar-refractivity contribution in [3.8, 4) is 5.75 Å². The van der Waals surface area contributed by atoms with E-state index in [1.807, 2.05) is 24.3 Å². The van der Waals surface area contributed by atoms with E-state index in [9.17, 15) is 18.0 Å². The third-order valence-electron chi connectivity index (χ3n) is 5.52. The van der Waals surface area contributed by atoms with Crippen molar-refractivity contribution in [2.24, 2.45) is 0 Å². The zero-order valence-electron chi connectivity index (χ0n) is 17.2. The molecule has 2 heterocycles. The first kappa shape index (κ1) is 21.3. The molecule has 2 unspecified atom stereocenters. The molecule has 1 saturated heterocycles. The summed E-state index contributed by atoms with van der Waals surface area (Å²) in [7, 11) is -3.28. The number of nitrogens with zero attached hydrogens (tertiary/aromatic N) is 1. The second kappa shape index (κ2) is 8.68. The molecule has 0 saturated carbocycles. The lowest BCUT2D eigenvalue weighted by atomic mass is 10.1. The molecule has 2 aliphatic heterocycles. The molecule has 164 valence electrons. The van der Waals surface area contributed by atoms with Crippen molar-refractivity contribution in [2.45, 2.75) is 31.4 Å². The lowest BCUT2D eigenvalue weighted by Crippen LogP contribution is -2.49. The van der Waals surface area contributed by atoms with Gasteiger partial charge in [-0.15, -0.1) is 0 Å². The Kier molecular flexibility index (Phi) is 5.97. The predicted molar refractivity (Wildman–Crippen MR) is 117 cm³/mol. The van der Waals surface area contributed by atoms with E-state index in [2.05, 4.69) is 10.6 Å². The van der Waals surface area contributed by atoms with Crippen LogP contribution in [0.1, 0.15) is 28.8 Å². The maximum absolute atomic E-state index is 12.7. The number of ether oxygens (including phenoxy) is 1. The number of carbonyl (C=O) groups excluding carboxylic acids is 2. The molecule has 0 bridgehead atoms. The maximum Gasteiger partial charge on any atom is 0.265 e. The van der Waals surface area contributed by atoms with E-state index in [0.717, 1.165) is 5.56 Å². The third-order valence-corrected chi connectivity index (χ3v) is 6.79. The SMILES string of the molecule is CS(=O)(=O)N1CCCC(NC(=O)c2cccc(NC(=O)C3Cc4ccccc4O3)c2)C1. The van der Waals surface area contributed by atoms with Crippen molar-refractivity contribution >= 4 is 27.5 Å². The van der Waals surface area contributed by atoms with Gasteiger partial charge in [-0.3, -0.25) is 9.59 Å². The Bertz CT molecular complexity index is 1080.